The standard InChI is InChI=1S/C22H17ClN2O/c1-26-22-10-6-5-9-19(22)20-15-21(16-7-3-2-4-8-16)25(24-20)18-13-11-17(23)12-14-18/h2-15H,1H3. The van der Waals surface area contributed by atoms with Crippen molar-refractivity contribution in [3.8, 4) is 34.0 Å². The highest BCUT2D eigenvalue weighted by Crippen LogP contribution is 2.33. The zero-order valence-corrected chi connectivity index (χ0v) is 15.0. The van der Waals surface area contributed by atoms with Crippen molar-refractivity contribution >= 4 is 11.6 Å². The van der Waals surface area contributed by atoms with Crippen LogP contribution in [-0.4, -0.2) is 16.9 Å². The third kappa shape index (κ3) is 3.09. The summed E-state index contributed by atoms with van der Waals surface area (Å²) in [5.41, 5.74) is 4.87. The van der Waals surface area contributed by atoms with E-state index in [1.807, 2.05) is 71.4 Å². The SMILES string of the molecule is COc1ccccc1-c1cc(-c2ccccc2)n(-c2ccc(Cl)cc2)n1. The van der Waals surface area contributed by atoms with E-state index in [4.69, 9.17) is 21.4 Å². The molecule has 1 heterocycles. The quantitative estimate of drug-likeness (QED) is 0.455. The largest absolute Gasteiger partial charge is 0.496 e. The van der Waals surface area contributed by atoms with Gasteiger partial charge in [-0.05, 0) is 42.5 Å². The maximum atomic E-state index is 6.05. The predicted octanol–water partition coefficient (Wildman–Crippen LogP) is 5.87. The molecule has 0 radical (unpaired) electrons. The third-order valence-corrected chi connectivity index (χ3v) is 4.49. The first-order valence-corrected chi connectivity index (χ1v) is 8.69. The minimum absolute atomic E-state index is 0.701. The van der Waals surface area contributed by atoms with Gasteiger partial charge in [0.15, 0.2) is 0 Å². The highest BCUT2D eigenvalue weighted by molar-refractivity contribution is 6.30. The molecule has 0 N–H and O–H groups in total. The Morgan fingerprint density at radius 1 is 0.846 bits per heavy atom. The van der Waals surface area contributed by atoms with Crippen LogP contribution in [0.1, 0.15) is 0 Å². The van der Waals surface area contributed by atoms with Crippen LogP contribution in [-0.2, 0) is 0 Å². The summed E-state index contributed by atoms with van der Waals surface area (Å²) in [6.45, 7) is 0. The van der Waals surface area contributed by atoms with Crippen LogP contribution < -0.4 is 4.74 Å². The van der Waals surface area contributed by atoms with Gasteiger partial charge in [0.2, 0.25) is 0 Å². The van der Waals surface area contributed by atoms with Crippen molar-refractivity contribution in [2.45, 2.75) is 0 Å². The topological polar surface area (TPSA) is 27.1 Å². The smallest absolute Gasteiger partial charge is 0.128 e. The summed E-state index contributed by atoms with van der Waals surface area (Å²) in [7, 11) is 1.67. The van der Waals surface area contributed by atoms with Crippen molar-refractivity contribution in [3.63, 3.8) is 0 Å². The summed E-state index contributed by atoms with van der Waals surface area (Å²) in [4.78, 5) is 0. The van der Waals surface area contributed by atoms with Crippen LogP contribution in [0.5, 0.6) is 5.75 Å². The Balaban J connectivity index is 1.92. The zero-order valence-electron chi connectivity index (χ0n) is 14.3. The summed E-state index contributed by atoms with van der Waals surface area (Å²) in [5.74, 6) is 0.799. The number of halogens is 1. The second-order valence-electron chi connectivity index (χ2n) is 5.87. The lowest BCUT2D eigenvalue weighted by atomic mass is 10.1. The predicted molar refractivity (Wildman–Crippen MR) is 106 cm³/mol. The number of ether oxygens (including phenoxy) is 1. The molecule has 0 aliphatic carbocycles. The van der Waals surface area contributed by atoms with Gasteiger partial charge in [0.25, 0.3) is 0 Å². The molecule has 0 saturated carbocycles. The minimum Gasteiger partial charge on any atom is -0.496 e. The fraction of sp³-hybridized carbons (Fsp3) is 0.0455. The number of nitrogens with zero attached hydrogens (tertiary/aromatic N) is 2. The van der Waals surface area contributed by atoms with Gasteiger partial charge in [-0.15, -0.1) is 0 Å². The van der Waals surface area contributed by atoms with E-state index in [1.54, 1.807) is 7.11 Å². The normalized spacial score (nSPS) is 10.7. The Kier molecular flexibility index (Phi) is 4.46. The van der Waals surface area contributed by atoms with E-state index < -0.39 is 0 Å². The van der Waals surface area contributed by atoms with Crippen molar-refractivity contribution < 1.29 is 4.74 Å². The molecule has 0 aliphatic rings. The van der Waals surface area contributed by atoms with Crippen molar-refractivity contribution in [1.82, 2.24) is 9.78 Å². The average molecular weight is 361 g/mol. The number of hydrogen-bond acceptors (Lipinski definition) is 2. The number of hydrogen-bond donors (Lipinski definition) is 0. The van der Waals surface area contributed by atoms with Crippen LogP contribution in [0.25, 0.3) is 28.2 Å². The average Bonchev–Trinajstić information content (AvgIpc) is 3.14. The molecule has 3 nitrogen and oxygen atoms in total. The van der Waals surface area contributed by atoms with Crippen LogP contribution in [0.15, 0.2) is 84.9 Å². The number of benzene rings is 3. The van der Waals surface area contributed by atoms with Crippen molar-refractivity contribution in [3.05, 3.63) is 90.0 Å². The molecule has 0 amide bonds. The van der Waals surface area contributed by atoms with Gasteiger partial charge in [-0.3, -0.25) is 0 Å². The lowest BCUT2D eigenvalue weighted by molar-refractivity contribution is 0.416. The van der Waals surface area contributed by atoms with Gasteiger partial charge in [0.05, 0.1) is 24.2 Å². The monoisotopic (exact) mass is 360 g/mol. The Morgan fingerprint density at radius 3 is 2.27 bits per heavy atom. The van der Waals surface area contributed by atoms with Crippen LogP contribution in [0.2, 0.25) is 5.02 Å². The molecule has 0 saturated heterocycles. The molecule has 3 aromatic carbocycles. The molecule has 4 heteroatoms. The summed E-state index contributed by atoms with van der Waals surface area (Å²) in [6, 6.07) is 27.9. The molecule has 0 aliphatic heterocycles. The van der Waals surface area contributed by atoms with E-state index >= 15 is 0 Å². The highest BCUT2D eigenvalue weighted by atomic mass is 35.5. The van der Waals surface area contributed by atoms with E-state index in [1.165, 1.54) is 0 Å². The summed E-state index contributed by atoms with van der Waals surface area (Å²) in [6.07, 6.45) is 0. The lowest BCUT2D eigenvalue weighted by Crippen LogP contribution is -1.99. The molecule has 128 valence electrons. The van der Waals surface area contributed by atoms with Crippen molar-refractivity contribution in [2.24, 2.45) is 0 Å². The molecule has 1 aromatic heterocycles. The van der Waals surface area contributed by atoms with E-state index in [2.05, 4.69) is 18.2 Å². The molecule has 0 spiro atoms. The molecule has 0 fully saturated rings. The molecule has 0 bridgehead atoms. The van der Waals surface area contributed by atoms with Gasteiger partial charge in [0.1, 0.15) is 5.75 Å². The molecule has 0 atom stereocenters. The second-order valence-corrected chi connectivity index (χ2v) is 6.31. The van der Waals surface area contributed by atoms with Gasteiger partial charge in [-0.25, -0.2) is 4.68 Å². The molecule has 4 rings (SSSR count). The molecular formula is C22H17ClN2O. The Morgan fingerprint density at radius 2 is 1.54 bits per heavy atom. The first-order valence-electron chi connectivity index (χ1n) is 8.31. The van der Waals surface area contributed by atoms with E-state index in [0.717, 1.165) is 34.0 Å². The first-order chi connectivity index (χ1) is 12.8. The van der Waals surface area contributed by atoms with Crippen LogP contribution in [0.4, 0.5) is 0 Å². The van der Waals surface area contributed by atoms with E-state index in [9.17, 15) is 0 Å². The summed E-state index contributed by atoms with van der Waals surface area (Å²) in [5, 5.41) is 5.56. The van der Waals surface area contributed by atoms with Gasteiger partial charge in [0, 0.05) is 16.1 Å². The number of methoxy groups -OCH3 is 1. The summed E-state index contributed by atoms with van der Waals surface area (Å²) < 4.78 is 7.45. The van der Waals surface area contributed by atoms with Gasteiger partial charge in [-0.2, -0.15) is 5.10 Å². The van der Waals surface area contributed by atoms with E-state index in [-0.39, 0.29) is 0 Å². The van der Waals surface area contributed by atoms with Crippen molar-refractivity contribution in [1.29, 1.82) is 0 Å². The third-order valence-electron chi connectivity index (χ3n) is 4.23. The highest BCUT2D eigenvalue weighted by Gasteiger charge is 2.15. The minimum atomic E-state index is 0.701. The molecule has 4 aromatic rings. The van der Waals surface area contributed by atoms with Gasteiger partial charge >= 0.3 is 0 Å². The number of rotatable bonds is 4. The second kappa shape index (κ2) is 7.06. The molecular weight excluding hydrogens is 344 g/mol. The lowest BCUT2D eigenvalue weighted by Gasteiger charge is -2.08. The maximum absolute atomic E-state index is 6.05. The number of para-hydroxylation sites is 1. The summed E-state index contributed by atoms with van der Waals surface area (Å²) >= 11 is 6.05. The molecule has 26 heavy (non-hydrogen) atoms. The molecule has 0 unspecified atom stereocenters. The van der Waals surface area contributed by atoms with Crippen LogP contribution >= 0.6 is 11.6 Å². The maximum Gasteiger partial charge on any atom is 0.128 e. The fourth-order valence-corrected chi connectivity index (χ4v) is 3.09. The van der Waals surface area contributed by atoms with E-state index in [0.29, 0.717) is 5.02 Å². The van der Waals surface area contributed by atoms with Crippen LogP contribution in [0.3, 0.4) is 0 Å². The number of aromatic nitrogens is 2. The van der Waals surface area contributed by atoms with Gasteiger partial charge in [-0.1, -0.05) is 54.1 Å². The van der Waals surface area contributed by atoms with Crippen LogP contribution in [0, 0.1) is 0 Å². The first kappa shape index (κ1) is 16.4. The Labute approximate surface area is 157 Å². The fourth-order valence-electron chi connectivity index (χ4n) is 2.96. The van der Waals surface area contributed by atoms with Gasteiger partial charge < -0.3 is 4.74 Å². The Bertz CT molecular complexity index is 1020. The Hall–Kier alpha value is -3.04. The zero-order chi connectivity index (χ0) is 17.9. The van der Waals surface area contributed by atoms with Crippen molar-refractivity contribution in [2.75, 3.05) is 7.11 Å².